The second-order valence-electron chi connectivity index (χ2n) is 2.60. The summed E-state index contributed by atoms with van der Waals surface area (Å²) in [5.41, 5.74) is 5.30. The van der Waals surface area contributed by atoms with E-state index in [1.165, 1.54) is 12.1 Å². The molecule has 0 atom stereocenters. The first-order chi connectivity index (χ1) is 6.56. The van der Waals surface area contributed by atoms with Crippen molar-refractivity contribution in [1.29, 1.82) is 0 Å². The number of nitrogens with zero attached hydrogens (tertiary/aromatic N) is 1. The Morgan fingerprint density at radius 1 is 1.57 bits per heavy atom. The van der Waals surface area contributed by atoms with Crippen molar-refractivity contribution >= 4 is 17.3 Å². The second kappa shape index (κ2) is 3.73. The van der Waals surface area contributed by atoms with E-state index >= 15 is 0 Å². The normalized spacial score (nSPS) is 9.50. The highest BCUT2D eigenvalue weighted by Crippen LogP contribution is 2.24. The lowest BCUT2D eigenvalue weighted by Gasteiger charge is -2.02. The highest BCUT2D eigenvalue weighted by atomic mass is 16.6. The number of nitro groups is 1. The van der Waals surface area contributed by atoms with Crippen molar-refractivity contribution in [3.63, 3.8) is 0 Å². The van der Waals surface area contributed by atoms with Crippen LogP contribution in [0.3, 0.4) is 0 Å². The van der Waals surface area contributed by atoms with E-state index < -0.39 is 10.8 Å². The molecule has 1 aromatic rings. The SMILES string of the molecule is CNc1ccc(C(N)=O)cc1[N+](=O)[O-]. The number of primary amides is 1. The summed E-state index contributed by atoms with van der Waals surface area (Å²) in [6.07, 6.45) is 0. The molecule has 1 rings (SSSR count). The van der Waals surface area contributed by atoms with Gasteiger partial charge in [-0.05, 0) is 12.1 Å². The van der Waals surface area contributed by atoms with Gasteiger partial charge in [-0.25, -0.2) is 0 Å². The molecule has 0 aliphatic carbocycles. The Bertz CT molecular complexity index is 389. The number of carbonyl (C=O) groups excluding carboxylic acids is 1. The monoisotopic (exact) mass is 195 g/mol. The van der Waals surface area contributed by atoms with Crippen LogP contribution >= 0.6 is 0 Å². The van der Waals surface area contributed by atoms with Crippen LogP contribution in [0.1, 0.15) is 10.4 Å². The molecule has 0 bridgehead atoms. The molecule has 0 saturated carbocycles. The number of nitrogens with two attached hydrogens (primary N) is 1. The van der Waals surface area contributed by atoms with E-state index in [2.05, 4.69) is 5.32 Å². The number of carbonyl (C=O) groups is 1. The lowest BCUT2D eigenvalue weighted by molar-refractivity contribution is -0.384. The third-order valence-corrected chi connectivity index (χ3v) is 1.75. The average Bonchev–Trinajstić information content (AvgIpc) is 2.16. The first kappa shape index (κ1) is 9.97. The summed E-state index contributed by atoms with van der Waals surface area (Å²) in [4.78, 5) is 20.8. The molecule has 1 amide bonds. The van der Waals surface area contributed by atoms with Crippen LogP contribution in [-0.2, 0) is 0 Å². The summed E-state index contributed by atoms with van der Waals surface area (Å²) in [5.74, 6) is -0.684. The lowest BCUT2D eigenvalue weighted by atomic mass is 10.1. The zero-order chi connectivity index (χ0) is 10.7. The number of nitrogens with one attached hydrogen (secondary N) is 1. The smallest absolute Gasteiger partial charge is 0.293 e. The maximum atomic E-state index is 10.8. The Kier molecular flexibility index (Phi) is 2.66. The largest absolute Gasteiger partial charge is 0.383 e. The van der Waals surface area contributed by atoms with Gasteiger partial charge in [0.1, 0.15) is 5.69 Å². The van der Waals surface area contributed by atoms with Crippen LogP contribution in [0, 0.1) is 10.1 Å². The van der Waals surface area contributed by atoms with Crippen molar-refractivity contribution in [2.24, 2.45) is 5.73 Å². The van der Waals surface area contributed by atoms with Gasteiger partial charge in [0, 0.05) is 18.7 Å². The molecule has 0 aliphatic heterocycles. The van der Waals surface area contributed by atoms with Crippen LogP contribution in [0.5, 0.6) is 0 Å². The van der Waals surface area contributed by atoms with E-state index in [9.17, 15) is 14.9 Å². The van der Waals surface area contributed by atoms with Crippen LogP contribution in [-0.4, -0.2) is 17.9 Å². The number of nitro benzene ring substituents is 1. The number of anilines is 1. The van der Waals surface area contributed by atoms with Gasteiger partial charge in [-0.2, -0.15) is 0 Å². The summed E-state index contributed by atoms with van der Waals surface area (Å²) in [6.45, 7) is 0. The van der Waals surface area contributed by atoms with Crippen molar-refractivity contribution < 1.29 is 9.72 Å². The molecular formula is C8H9N3O3. The van der Waals surface area contributed by atoms with Gasteiger partial charge >= 0.3 is 0 Å². The fourth-order valence-corrected chi connectivity index (χ4v) is 1.05. The Balaban J connectivity index is 3.27. The maximum Gasteiger partial charge on any atom is 0.293 e. The average molecular weight is 195 g/mol. The number of hydrogen-bond acceptors (Lipinski definition) is 4. The van der Waals surface area contributed by atoms with Crippen LogP contribution in [0.15, 0.2) is 18.2 Å². The molecule has 6 nitrogen and oxygen atoms in total. The van der Waals surface area contributed by atoms with Gasteiger partial charge in [-0.15, -0.1) is 0 Å². The van der Waals surface area contributed by atoms with E-state index in [0.717, 1.165) is 6.07 Å². The minimum absolute atomic E-state index is 0.121. The van der Waals surface area contributed by atoms with E-state index in [-0.39, 0.29) is 11.3 Å². The molecule has 6 heteroatoms. The molecule has 0 aliphatic rings. The number of benzene rings is 1. The molecule has 1 aromatic carbocycles. The zero-order valence-corrected chi connectivity index (χ0v) is 7.48. The molecule has 0 fully saturated rings. The third-order valence-electron chi connectivity index (χ3n) is 1.75. The third kappa shape index (κ3) is 1.79. The van der Waals surface area contributed by atoms with Crippen LogP contribution < -0.4 is 11.1 Å². The van der Waals surface area contributed by atoms with Crippen molar-refractivity contribution in [1.82, 2.24) is 0 Å². The molecule has 3 N–H and O–H groups in total. The van der Waals surface area contributed by atoms with Crippen LogP contribution in [0.2, 0.25) is 0 Å². The summed E-state index contributed by atoms with van der Waals surface area (Å²) < 4.78 is 0. The molecule has 74 valence electrons. The Hall–Kier alpha value is -2.11. The fraction of sp³-hybridized carbons (Fsp3) is 0.125. The van der Waals surface area contributed by atoms with E-state index in [1.54, 1.807) is 7.05 Å². The molecule has 0 aromatic heterocycles. The van der Waals surface area contributed by atoms with Gasteiger partial charge < -0.3 is 11.1 Å². The number of amides is 1. The van der Waals surface area contributed by atoms with Gasteiger partial charge in [0.05, 0.1) is 4.92 Å². The summed E-state index contributed by atoms with van der Waals surface area (Å²) in [5, 5.41) is 13.2. The molecule has 0 radical (unpaired) electrons. The Morgan fingerprint density at radius 2 is 2.21 bits per heavy atom. The van der Waals surface area contributed by atoms with Gasteiger partial charge in [-0.1, -0.05) is 0 Å². The molecule has 14 heavy (non-hydrogen) atoms. The Morgan fingerprint density at radius 3 is 2.64 bits per heavy atom. The lowest BCUT2D eigenvalue weighted by Crippen LogP contribution is -2.11. The van der Waals surface area contributed by atoms with E-state index in [1.807, 2.05) is 0 Å². The molecule has 0 heterocycles. The van der Waals surface area contributed by atoms with Crippen LogP contribution in [0.25, 0.3) is 0 Å². The summed E-state index contributed by atoms with van der Waals surface area (Å²) in [6, 6.07) is 4.02. The molecular weight excluding hydrogens is 186 g/mol. The van der Waals surface area contributed by atoms with Gasteiger partial charge in [0.2, 0.25) is 5.91 Å². The number of rotatable bonds is 3. The summed E-state index contributed by atoms with van der Waals surface area (Å²) in [7, 11) is 1.56. The predicted octanol–water partition coefficient (Wildman–Crippen LogP) is 0.735. The van der Waals surface area contributed by atoms with Crippen molar-refractivity contribution in [2.45, 2.75) is 0 Å². The number of hydrogen-bond donors (Lipinski definition) is 2. The highest BCUT2D eigenvalue weighted by molar-refractivity contribution is 5.94. The summed E-state index contributed by atoms with van der Waals surface area (Å²) >= 11 is 0. The quantitative estimate of drug-likeness (QED) is 0.548. The van der Waals surface area contributed by atoms with E-state index in [0.29, 0.717) is 5.69 Å². The first-order valence-electron chi connectivity index (χ1n) is 3.82. The van der Waals surface area contributed by atoms with Gasteiger partial charge in [0.25, 0.3) is 5.69 Å². The maximum absolute atomic E-state index is 10.8. The zero-order valence-electron chi connectivity index (χ0n) is 7.48. The van der Waals surface area contributed by atoms with Gasteiger partial charge in [-0.3, -0.25) is 14.9 Å². The minimum Gasteiger partial charge on any atom is -0.383 e. The molecule has 0 saturated heterocycles. The molecule has 0 spiro atoms. The van der Waals surface area contributed by atoms with Crippen molar-refractivity contribution in [2.75, 3.05) is 12.4 Å². The second-order valence-corrected chi connectivity index (χ2v) is 2.60. The standard InChI is InChI=1S/C8H9N3O3/c1-10-6-3-2-5(8(9)12)4-7(6)11(13)14/h2-4,10H,1H3,(H2,9,12). The topological polar surface area (TPSA) is 98.3 Å². The molecule has 0 unspecified atom stereocenters. The first-order valence-corrected chi connectivity index (χ1v) is 3.82. The van der Waals surface area contributed by atoms with Crippen molar-refractivity contribution in [3.8, 4) is 0 Å². The van der Waals surface area contributed by atoms with E-state index in [4.69, 9.17) is 5.73 Å². The van der Waals surface area contributed by atoms with Crippen molar-refractivity contribution in [3.05, 3.63) is 33.9 Å². The van der Waals surface area contributed by atoms with Crippen LogP contribution in [0.4, 0.5) is 11.4 Å². The van der Waals surface area contributed by atoms with Gasteiger partial charge in [0.15, 0.2) is 0 Å². The Labute approximate surface area is 79.9 Å². The minimum atomic E-state index is -0.684. The fourth-order valence-electron chi connectivity index (χ4n) is 1.05. The predicted molar refractivity (Wildman–Crippen MR) is 51.2 cm³/mol. The highest BCUT2D eigenvalue weighted by Gasteiger charge is 2.14.